The SMILES string of the molecule is CC(N)c1cccc2c1c(Cl)nn2C(C)C. The van der Waals surface area contributed by atoms with Gasteiger partial charge < -0.3 is 5.73 Å². The Hall–Kier alpha value is -1.06. The summed E-state index contributed by atoms with van der Waals surface area (Å²) in [6.45, 7) is 6.13. The minimum Gasteiger partial charge on any atom is -0.324 e. The van der Waals surface area contributed by atoms with E-state index in [9.17, 15) is 0 Å². The summed E-state index contributed by atoms with van der Waals surface area (Å²) in [6.07, 6.45) is 0. The average molecular weight is 238 g/mol. The van der Waals surface area contributed by atoms with E-state index in [2.05, 4.69) is 18.9 Å². The highest BCUT2D eigenvalue weighted by atomic mass is 35.5. The largest absolute Gasteiger partial charge is 0.324 e. The van der Waals surface area contributed by atoms with Gasteiger partial charge in [0.1, 0.15) is 0 Å². The molecule has 1 heterocycles. The van der Waals surface area contributed by atoms with Gasteiger partial charge in [0.15, 0.2) is 5.15 Å². The van der Waals surface area contributed by atoms with Gasteiger partial charge in [-0.15, -0.1) is 0 Å². The molecule has 2 rings (SSSR count). The van der Waals surface area contributed by atoms with E-state index in [1.54, 1.807) is 0 Å². The first-order valence-electron chi connectivity index (χ1n) is 5.44. The summed E-state index contributed by atoms with van der Waals surface area (Å²) >= 11 is 6.18. The number of rotatable bonds is 2. The summed E-state index contributed by atoms with van der Waals surface area (Å²) < 4.78 is 1.93. The third kappa shape index (κ3) is 1.70. The molecule has 0 spiro atoms. The molecule has 1 atom stereocenters. The summed E-state index contributed by atoms with van der Waals surface area (Å²) in [5.41, 5.74) is 8.04. The molecule has 0 radical (unpaired) electrons. The Morgan fingerprint density at radius 1 is 1.31 bits per heavy atom. The molecular weight excluding hydrogens is 222 g/mol. The smallest absolute Gasteiger partial charge is 0.159 e. The second-order valence-corrected chi connectivity index (χ2v) is 4.72. The van der Waals surface area contributed by atoms with E-state index in [1.165, 1.54) is 0 Å². The molecular formula is C12H16ClN3. The van der Waals surface area contributed by atoms with E-state index in [0.717, 1.165) is 16.5 Å². The van der Waals surface area contributed by atoms with Crippen LogP contribution in [-0.2, 0) is 0 Å². The van der Waals surface area contributed by atoms with Crippen molar-refractivity contribution >= 4 is 22.5 Å². The van der Waals surface area contributed by atoms with Crippen LogP contribution in [0.3, 0.4) is 0 Å². The summed E-state index contributed by atoms with van der Waals surface area (Å²) in [5.74, 6) is 0. The minimum atomic E-state index is -0.0361. The van der Waals surface area contributed by atoms with Gasteiger partial charge in [-0.2, -0.15) is 5.10 Å². The molecule has 0 aliphatic rings. The molecule has 16 heavy (non-hydrogen) atoms. The zero-order valence-electron chi connectivity index (χ0n) is 9.74. The summed E-state index contributed by atoms with van der Waals surface area (Å²) in [5, 5.41) is 5.88. The quantitative estimate of drug-likeness (QED) is 0.871. The highest BCUT2D eigenvalue weighted by molar-refractivity contribution is 6.34. The van der Waals surface area contributed by atoms with E-state index in [0.29, 0.717) is 11.2 Å². The van der Waals surface area contributed by atoms with Crippen LogP contribution in [0.4, 0.5) is 0 Å². The maximum absolute atomic E-state index is 6.18. The molecule has 0 aliphatic carbocycles. The fraction of sp³-hybridized carbons (Fsp3) is 0.417. The monoisotopic (exact) mass is 237 g/mol. The summed E-state index contributed by atoms with van der Waals surface area (Å²) in [4.78, 5) is 0. The van der Waals surface area contributed by atoms with Gasteiger partial charge in [-0.3, -0.25) is 4.68 Å². The third-order valence-corrected chi connectivity index (χ3v) is 2.97. The Bertz CT molecular complexity index is 514. The highest BCUT2D eigenvalue weighted by Crippen LogP contribution is 2.30. The third-order valence-electron chi connectivity index (χ3n) is 2.70. The van der Waals surface area contributed by atoms with Gasteiger partial charge in [0.2, 0.25) is 0 Å². The Morgan fingerprint density at radius 2 is 2.00 bits per heavy atom. The van der Waals surface area contributed by atoms with Crippen molar-refractivity contribution in [2.75, 3.05) is 0 Å². The Kier molecular flexibility index (Phi) is 2.91. The average Bonchev–Trinajstić information content (AvgIpc) is 2.56. The van der Waals surface area contributed by atoms with Gasteiger partial charge >= 0.3 is 0 Å². The predicted octanol–water partition coefficient (Wildman–Crippen LogP) is 3.29. The standard InChI is InChI=1S/C12H16ClN3/c1-7(2)16-10-6-4-5-9(8(3)14)11(10)12(13)15-16/h4-8H,14H2,1-3H3. The zero-order chi connectivity index (χ0) is 11.9. The number of nitrogens with two attached hydrogens (primary N) is 1. The van der Waals surface area contributed by atoms with Gasteiger partial charge in [0, 0.05) is 17.5 Å². The molecule has 2 aromatic rings. The van der Waals surface area contributed by atoms with Crippen molar-refractivity contribution in [2.45, 2.75) is 32.9 Å². The Balaban J connectivity index is 2.79. The maximum Gasteiger partial charge on any atom is 0.159 e. The molecule has 0 bridgehead atoms. The number of aromatic nitrogens is 2. The number of fused-ring (bicyclic) bond motifs is 1. The van der Waals surface area contributed by atoms with Gasteiger partial charge in [0.25, 0.3) is 0 Å². The molecule has 0 amide bonds. The lowest BCUT2D eigenvalue weighted by atomic mass is 10.0. The van der Waals surface area contributed by atoms with Crippen molar-refractivity contribution in [3.63, 3.8) is 0 Å². The highest BCUT2D eigenvalue weighted by Gasteiger charge is 2.15. The lowest BCUT2D eigenvalue weighted by molar-refractivity contribution is 0.551. The second-order valence-electron chi connectivity index (χ2n) is 4.36. The molecule has 1 aromatic heterocycles. The van der Waals surface area contributed by atoms with Gasteiger partial charge in [0.05, 0.1) is 5.52 Å². The maximum atomic E-state index is 6.18. The molecule has 0 aliphatic heterocycles. The Labute approximate surface area is 100 Å². The number of nitrogens with zero attached hydrogens (tertiary/aromatic N) is 2. The van der Waals surface area contributed by atoms with Gasteiger partial charge in [-0.25, -0.2) is 0 Å². The lowest BCUT2D eigenvalue weighted by Crippen LogP contribution is -2.06. The van der Waals surface area contributed by atoms with Crippen molar-refractivity contribution in [3.8, 4) is 0 Å². The molecule has 3 nitrogen and oxygen atoms in total. The fourth-order valence-electron chi connectivity index (χ4n) is 1.94. The summed E-state index contributed by atoms with van der Waals surface area (Å²) in [6, 6.07) is 6.29. The van der Waals surface area contributed by atoms with Crippen molar-refractivity contribution < 1.29 is 0 Å². The van der Waals surface area contributed by atoms with Crippen LogP contribution in [0.1, 0.15) is 38.4 Å². The van der Waals surface area contributed by atoms with Crippen molar-refractivity contribution in [1.82, 2.24) is 9.78 Å². The van der Waals surface area contributed by atoms with Crippen LogP contribution in [0.5, 0.6) is 0 Å². The predicted molar refractivity (Wildman–Crippen MR) is 67.7 cm³/mol. The van der Waals surface area contributed by atoms with Crippen LogP contribution in [0.25, 0.3) is 10.9 Å². The first kappa shape index (κ1) is 11.4. The van der Waals surface area contributed by atoms with Crippen LogP contribution in [0, 0.1) is 0 Å². The van der Waals surface area contributed by atoms with Gasteiger partial charge in [-0.1, -0.05) is 23.7 Å². The fourth-order valence-corrected chi connectivity index (χ4v) is 2.23. The molecule has 1 aromatic carbocycles. The number of halogens is 1. The number of hydrogen-bond donors (Lipinski definition) is 1. The molecule has 0 saturated carbocycles. The van der Waals surface area contributed by atoms with Crippen LogP contribution in [-0.4, -0.2) is 9.78 Å². The molecule has 2 N–H and O–H groups in total. The minimum absolute atomic E-state index is 0.0361. The molecule has 86 valence electrons. The molecule has 4 heteroatoms. The van der Waals surface area contributed by atoms with Gasteiger partial charge in [-0.05, 0) is 32.4 Å². The molecule has 1 unspecified atom stereocenters. The van der Waals surface area contributed by atoms with Crippen molar-refractivity contribution in [3.05, 3.63) is 28.9 Å². The van der Waals surface area contributed by atoms with E-state index >= 15 is 0 Å². The van der Waals surface area contributed by atoms with Crippen molar-refractivity contribution in [1.29, 1.82) is 0 Å². The van der Waals surface area contributed by atoms with Crippen LogP contribution in [0.15, 0.2) is 18.2 Å². The number of benzene rings is 1. The van der Waals surface area contributed by atoms with Crippen LogP contribution in [0.2, 0.25) is 5.15 Å². The summed E-state index contributed by atoms with van der Waals surface area (Å²) in [7, 11) is 0. The van der Waals surface area contributed by atoms with Crippen LogP contribution >= 0.6 is 11.6 Å². The second kappa shape index (κ2) is 4.07. The Morgan fingerprint density at radius 3 is 2.56 bits per heavy atom. The number of hydrogen-bond acceptors (Lipinski definition) is 2. The van der Waals surface area contributed by atoms with E-state index in [1.807, 2.05) is 29.8 Å². The van der Waals surface area contributed by atoms with E-state index in [-0.39, 0.29) is 6.04 Å². The normalized spacial score (nSPS) is 13.6. The molecule has 0 saturated heterocycles. The zero-order valence-corrected chi connectivity index (χ0v) is 10.5. The topological polar surface area (TPSA) is 43.8 Å². The lowest BCUT2D eigenvalue weighted by Gasteiger charge is -2.09. The first-order valence-corrected chi connectivity index (χ1v) is 5.82. The first-order chi connectivity index (χ1) is 7.52. The molecule has 0 fully saturated rings. The van der Waals surface area contributed by atoms with Crippen LogP contribution < -0.4 is 5.73 Å². The van der Waals surface area contributed by atoms with E-state index in [4.69, 9.17) is 17.3 Å². The van der Waals surface area contributed by atoms with E-state index < -0.39 is 0 Å². The van der Waals surface area contributed by atoms with Crippen molar-refractivity contribution in [2.24, 2.45) is 5.73 Å².